The van der Waals surface area contributed by atoms with E-state index in [-0.39, 0.29) is 11.9 Å². The Bertz CT molecular complexity index is 625. The van der Waals surface area contributed by atoms with Gasteiger partial charge in [-0.2, -0.15) is 0 Å². The van der Waals surface area contributed by atoms with Crippen LogP contribution in [0.4, 0.5) is 4.39 Å². The Hall–Kier alpha value is -1.52. The van der Waals surface area contributed by atoms with Gasteiger partial charge in [0.1, 0.15) is 5.82 Å². The first-order chi connectivity index (χ1) is 9.74. The minimum atomic E-state index is -1.19. The zero-order chi connectivity index (χ0) is 13.9. The summed E-state index contributed by atoms with van der Waals surface area (Å²) in [5.41, 5.74) is 2.38. The molecule has 0 N–H and O–H groups in total. The molecule has 2 aromatic rings. The van der Waals surface area contributed by atoms with Gasteiger partial charge in [-0.3, -0.25) is 4.21 Å². The van der Waals surface area contributed by atoms with E-state index >= 15 is 0 Å². The van der Waals surface area contributed by atoms with E-state index in [4.69, 9.17) is 4.74 Å². The van der Waals surface area contributed by atoms with Crippen molar-refractivity contribution in [2.24, 2.45) is 0 Å². The van der Waals surface area contributed by atoms with Crippen LogP contribution >= 0.6 is 0 Å². The molecule has 0 aromatic heterocycles. The van der Waals surface area contributed by atoms with Crippen molar-refractivity contribution in [2.45, 2.75) is 17.4 Å². The summed E-state index contributed by atoms with van der Waals surface area (Å²) in [7, 11) is -1.19. The highest BCUT2D eigenvalue weighted by Crippen LogP contribution is 2.28. The van der Waals surface area contributed by atoms with Crippen molar-refractivity contribution in [1.82, 2.24) is 0 Å². The van der Waals surface area contributed by atoms with Gasteiger partial charge in [-0.05, 0) is 41.8 Å². The summed E-state index contributed by atoms with van der Waals surface area (Å²) >= 11 is 0. The van der Waals surface area contributed by atoms with Crippen LogP contribution in [-0.2, 0) is 22.0 Å². The average molecular weight is 290 g/mol. The predicted octanol–water partition coefficient (Wildman–Crippen LogP) is 3.25. The molecule has 1 aliphatic heterocycles. The zero-order valence-electron chi connectivity index (χ0n) is 10.9. The van der Waals surface area contributed by atoms with Crippen molar-refractivity contribution in [3.05, 3.63) is 65.5 Å². The first-order valence-corrected chi connectivity index (χ1v) is 7.89. The summed E-state index contributed by atoms with van der Waals surface area (Å²) in [5, 5.41) is 0. The Labute approximate surface area is 120 Å². The fourth-order valence-electron chi connectivity index (χ4n) is 2.43. The zero-order valence-corrected chi connectivity index (χ0v) is 11.7. The van der Waals surface area contributed by atoms with Gasteiger partial charge in [-0.15, -0.1) is 0 Å². The maximum atomic E-state index is 12.9. The Kier molecular flexibility index (Phi) is 3.94. The van der Waals surface area contributed by atoms with E-state index in [9.17, 15) is 8.60 Å². The van der Waals surface area contributed by atoms with Gasteiger partial charge in [-0.1, -0.05) is 24.3 Å². The van der Waals surface area contributed by atoms with E-state index in [1.54, 1.807) is 12.1 Å². The molecule has 104 valence electrons. The van der Waals surface area contributed by atoms with Gasteiger partial charge in [0.05, 0.1) is 29.3 Å². The van der Waals surface area contributed by atoms with Crippen LogP contribution in [0.3, 0.4) is 0 Å². The Morgan fingerprint density at radius 1 is 1.15 bits per heavy atom. The minimum Gasteiger partial charge on any atom is -0.372 e. The molecule has 2 aromatic carbocycles. The Morgan fingerprint density at radius 2 is 1.90 bits per heavy atom. The summed E-state index contributed by atoms with van der Waals surface area (Å²) < 4.78 is 31.0. The van der Waals surface area contributed by atoms with Gasteiger partial charge in [0.2, 0.25) is 0 Å². The van der Waals surface area contributed by atoms with Crippen LogP contribution in [0.15, 0.2) is 53.4 Å². The van der Waals surface area contributed by atoms with Crippen LogP contribution in [0.5, 0.6) is 0 Å². The standard InChI is InChI=1S/C16H15FO2S/c17-13-5-7-14(8-6-13)20(18)11-16-15-4-2-1-3-12(15)9-10-19-16/h1-8,16H,9-11H2. The van der Waals surface area contributed by atoms with Crippen LogP contribution in [0.1, 0.15) is 17.2 Å². The average Bonchev–Trinajstić information content (AvgIpc) is 2.48. The molecule has 0 saturated heterocycles. The fourth-order valence-corrected chi connectivity index (χ4v) is 3.62. The first-order valence-electron chi connectivity index (χ1n) is 6.57. The first kappa shape index (κ1) is 13.5. The molecule has 0 bridgehead atoms. The summed E-state index contributed by atoms with van der Waals surface area (Å²) in [4.78, 5) is 0.637. The van der Waals surface area contributed by atoms with Gasteiger partial charge in [0.15, 0.2) is 0 Å². The van der Waals surface area contributed by atoms with Crippen molar-refractivity contribution in [2.75, 3.05) is 12.4 Å². The van der Waals surface area contributed by atoms with Crippen LogP contribution < -0.4 is 0 Å². The molecule has 2 nitrogen and oxygen atoms in total. The summed E-state index contributed by atoms with van der Waals surface area (Å²) in [6.07, 6.45) is 0.751. The van der Waals surface area contributed by atoms with Crippen molar-refractivity contribution < 1.29 is 13.3 Å². The number of rotatable bonds is 3. The lowest BCUT2D eigenvalue weighted by atomic mass is 9.99. The normalized spacial score (nSPS) is 19.4. The van der Waals surface area contributed by atoms with Crippen LogP contribution in [-0.4, -0.2) is 16.6 Å². The lowest BCUT2D eigenvalue weighted by Crippen LogP contribution is -2.21. The van der Waals surface area contributed by atoms with E-state index in [0.717, 1.165) is 12.0 Å². The molecule has 2 unspecified atom stereocenters. The molecule has 4 heteroatoms. The topological polar surface area (TPSA) is 26.3 Å². The van der Waals surface area contributed by atoms with Gasteiger partial charge >= 0.3 is 0 Å². The molecule has 3 rings (SSSR count). The molecule has 1 heterocycles. The van der Waals surface area contributed by atoms with E-state index in [0.29, 0.717) is 17.3 Å². The molecule has 0 aliphatic carbocycles. The molecule has 1 aliphatic rings. The van der Waals surface area contributed by atoms with Crippen molar-refractivity contribution in [3.8, 4) is 0 Å². The van der Waals surface area contributed by atoms with Gasteiger partial charge in [-0.25, -0.2) is 4.39 Å². The lowest BCUT2D eigenvalue weighted by Gasteiger charge is -2.25. The van der Waals surface area contributed by atoms with Gasteiger partial charge in [0.25, 0.3) is 0 Å². The van der Waals surface area contributed by atoms with Crippen molar-refractivity contribution >= 4 is 10.8 Å². The molecule has 2 atom stereocenters. The van der Waals surface area contributed by atoms with Crippen molar-refractivity contribution in [1.29, 1.82) is 0 Å². The second kappa shape index (κ2) is 5.85. The fraction of sp³-hybridized carbons (Fsp3) is 0.250. The Morgan fingerprint density at radius 3 is 2.70 bits per heavy atom. The molecule has 0 amide bonds. The largest absolute Gasteiger partial charge is 0.372 e. The van der Waals surface area contributed by atoms with Gasteiger partial charge in [0, 0.05) is 4.90 Å². The highest BCUT2D eigenvalue weighted by Gasteiger charge is 2.23. The van der Waals surface area contributed by atoms with Crippen molar-refractivity contribution in [3.63, 3.8) is 0 Å². The van der Waals surface area contributed by atoms with E-state index in [1.165, 1.54) is 17.7 Å². The molecule has 0 fully saturated rings. The molecular weight excluding hydrogens is 275 g/mol. The number of benzene rings is 2. The van der Waals surface area contributed by atoms with Crippen LogP contribution in [0.2, 0.25) is 0 Å². The third-order valence-corrected chi connectivity index (χ3v) is 4.88. The third-order valence-electron chi connectivity index (χ3n) is 3.47. The second-order valence-corrected chi connectivity index (χ2v) is 6.27. The second-order valence-electron chi connectivity index (χ2n) is 4.77. The van der Waals surface area contributed by atoms with E-state index in [2.05, 4.69) is 6.07 Å². The van der Waals surface area contributed by atoms with Crippen LogP contribution in [0.25, 0.3) is 0 Å². The summed E-state index contributed by atoms with van der Waals surface area (Å²) in [6, 6.07) is 13.9. The Balaban J connectivity index is 1.79. The third kappa shape index (κ3) is 2.81. The van der Waals surface area contributed by atoms with Gasteiger partial charge < -0.3 is 4.74 Å². The number of hydrogen-bond acceptors (Lipinski definition) is 2. The van der Waals surface area contributed by atoms with Crippen LogP contribution in [0, 0.1) is 5.82 Å². The maximum Gasteiger partial charge on any atom is 0.123 e. The molecule has 0 spiro atoms. The maximum absolute atomic E-state index is 12.9. The summed E-state index contributed by atoms with van der Waals surface area (Å²) in [6.45, 7) is 0.655. The summed E-state index contributed by atoms with van der Waals surface area (Å²) in [5.74, 6) is 0.0906. The van der Waals surface area contributed by atoms with E-state index < -0.39 is 10.8 Å². The highest BCUT2D eigenvalue weighted by molar-refractivity contribution is 7.85. The number of halogens is 1. The SMILES string of the molecule is O=S(CC1OCCc2ccccc21)c1ccc(F)cc1. The molecular formula is C16H15FO2S. The molecule has 20 heavy (non-hydrogen) atoms. The quantitative estimate of drug-likeness (QED) is 0.867. The number of ether oxygens (including phenoxy) is 1. The predicted molar refractivity (Wildman–Crippen MR) is 76.5 cm³/mol. The smallest absolute Gasteiger partial charge is 0.123 e. The minimum absolute atomic E-state index is 0.147. The number of hydrogen-bond donors (Lipinski definition) is 0. The lowest BCUT2D eigenvalue weighted by molar-refractivity contribution is 0.0582. The number of fused-ring (bicyclic) bond motifs is 1. The highest BCUT2D eigenvalue weighted by atomic mass is 32.2. The monoisotopic (exact) mass is 290 g/mol. The van der Waals surface area contributed by atoms with E-state index in [1.807, 2.05) is 18.2 Å². The molecule has 0 saturated carbocycles. The molecule has 0 radical (unpaired) electrons.